The number of aromatic nitrogens is 1. The second-order valence-corrected chi connectivity index (χ2v) is 13.9. The first-order valence-corrected chi connectivity index (χ1v) is 18.5. The Kier molecular flexibility index (Phi) is 7.76. The Bertz CT molecular complexity index is 3010. The summed E-state index contributed by atoms with van der Waals surface area (Å²) in [6.45, 7) is 0. The van der Waals surface area contributed by atoms with Crippen LogP contribution in [0.3, 0.4) is 0 Å². The molecule has 10 rings (SSSR count). The number of imide groups is 1. The summed E-state index contributed by atoms with van der Waals surface area (Å²) >= 11 is 0. The number of nitriles is 1. The van der Waals surface area contributed by atoms with Crippen molar-refractivity contribution in [1.82, 2.24) is 4.57 Å². The topological polar surface area (TPSA) is 66.1 Å². The van der Waals surface area contributed by atoms with Crippen molar-refractivity contribution < 1.29 is 9.59 Å². The summed E-state index contributed by atoms with van der Waals surface area (Å²) in [5.41, 5.74) is 11.3. The largest absolute Gasteiger partial charge is 0.308 e. The number of benzene rings is 8. The molecule has 262 valence electrons. The number of hydrogen-bond donors (Lipinski definition) is 0. The van der Waals surface area contributed by atoms with Gasteiger partial charge in [0, 0.05) is 27.5 Å². The van der Waals surface area contributed by atoms with Gasteiger partial charge in [-0.1, -0.05) is 146 Å². The smallest absolute Gasteiger partial charge is 0.268 e. The van der Waals surface area contributed by atoms with Crippen molar-refractivity contribution in [3.8, 4) is 56.3 Å². The minimum atomic E-state index is -0.391. The number of hydrogen-bond acceptors (Lipinski definition) is 3. The van der Waals surface area contributed by atoms with Crippen LogP contribution in [-0.4, -0.2) is 16.4 Å². The van der Waals surface area contributed by atoms with Gasteiger partial charge in [0.2, 0.25) is 0 Å². The molecule has 9 aromatic rings. The van der Waals surface area contributed by atoms with E-state index in [-0.39, 0.29) is 5.91 Å². The fraction of sp³-hybridized carbons (Fsp3) is 0. The second kappa shape index (κ2) is 13.2. The molecule has 8 aromatic carbocycles. The SMILES string of the molecule is N#Cc1cccc(-c2cccc3c4ccccc4n(-c4cccc5c4C(=O)N(c4c(-c6ccccc6)cc(-c6ccccc6)cc4-c4ccccc4)C5=O)c23)c1. The lowest BCUT2D eigenvalue weighted by atomic mass is 9.90. The molecule has 1 aliphatic rings. The molecule has 0 N–H and O–H groups in total. The Balaban J connectivity index is 1.25. The summed E-state index contributed by atoms with van der Waals surface area (Å²) in [4.78, 5) is 31.8. The Hall–Kier alpha value is -7.81. The molecule has 0 saturated carbocycles. The number of fused-ring (bicyclic) bond motifs is 4. The lowest BCUT2D eigenvalue weighted by Gasteiger charge is -2.24. The minimum absolute atomic E-state index is 0.339. The Labute approximate surface area is 323 Å². The molecule has 56 heavy (non-hydrogen) atoms. The fourth-order valence-electron chi connectivity index (χ4n) is 8.26. The highest BCUT2D eigenvalue weighted by atomic mass is 16.2. The van der Waals surface area contributed by atoms with E-state index >= 15 is 9.59 Å². The summed E-state index contributed by atoms with van der Waals surface area (Å²) in [7, 11) is 0. The molecule has 0 bridgehead atoms. The van der Waals surface area contributed by atoms with E-state index < -0.39 is 5.91 Å². The number of para-hydroxylation sites is 2. The van der Waals surface area contributed by atoms with E-state index in [2.05, 4.69) is 47.0 Å². The van der Waals surface area contributed by atoms with E-state index in [4.69, 9.17) is 0 Å². The lowest BCUT2D eigenvalue weighted by molar-refractivity contribution is 0.0926. The molecular formula is C51H31N3O2. The summed E-state index contributed by atoms with van der Waals surface area (Å²) < 4.78 is 2.11. The zero-order valence-electron chi connectivity index (χ0n) is 30.1. The maximum atomic E-state index is 15.4. The van der Waals surface area contributed by atoms with Gasteiger partial charge in [0.05, 0.1) is 45.2 Å². The number of nitrogens with zero attached hydrogens (tertiary/aromatic N) is 3. The van der Waals surface area contributed by atoms with Crippen LogP contribution in [0, 0.1) is 11.3 Å². The van der Waals surface area contributed by atoms with Crippen molar-refractivity contribution in [2.24, 2.45) is 0 Å². The van der Waals surface area contributed by atoms with Gasteiger partial charge in [-0.2, -0.15) is 5.26 Å². The molecule has 1 aliphatic heterocycles. The number of carbonyl (C=O) groups excluding carboxylic acids is 2. The summed E-state index contributed by atoms with van der Waals surface area (Å²) in [5.74, 6) is -0.770. The zero-order chi connectivity index (χ0) is 37.8. The predicted molar refractivity (Wildman–Crippen MR) is 225 cm³/mol. The first-order chi connectivity index (χ1) is 27.6. The average Bonchev–Trinajstić information content (AvgIpc) is 3.74. The highest BCUT2D eigenvalue weighted by Crippen LogP contribution is 2.47. The molecule has 1 aromatic heterocycles. The van der Waals surface area contributed by atoms with Crippen molar-refractivity contribution >= 4 is 39.3 Å². The molecule has 2 amide bonds. The van der Waals surface area contributed by atoms with Crippen LogP contribution in [0.4, 0.5) is 5.69 Å². The van der Waals surface area contributed by atoms with E-state index in [0.717, 1.165) is 66.3 Å². The first-order valence-electron chi connectivity index (χ1n) is 18.5. The molecule has 0 atom stereocenters. The van der Waals surface area contributed by atoms with Gasteiger partial charge < -0.3 is 4.57 Å². The van der Waals surface area contributed by atoms with Gasteiger partial charge in [-0.05, 0) is 70.3 Å². The van der Waals surface area contributed by atoms with E-state index in [9.17, 15) is 5.26 Å². The third-order valence-electron chi connectivity index (χ3n) is 10.7. The molecular weight excluding hydrogens is 687 g/mol. The second-order valence-electron chi connectivity index (χ2n) is 13.9. The maximum absolute atomic E-state index is 15.4. The van der Waals surface area contributed by atoms with Crippen LogP contribution in [0.2, 0.25) is 0 Å². The summed E-state index contributed by atoms with van der Waals surface area (Å²) in [5, 5.41) is 11.8. The number of rotatable bonds is 6. The van der Waals surface area contributed by atoms with Crippen molar-refractivity contribution in [2.45, 2.75) is 0 Å². The van der Waals surface area contributed by atoms with Crippen molar-refractivity contribution in [3.63, 3.8) is 0 Å². The van der Waals surface area contributed by atoms with E-state index in [0.29, 0.717) is 28.1 Å². The quantitative estimate of drug-likeness (QED) is 0.161. The van der Waals surface area contributed by atoms with E-state index in [1.54, 1.807) is 12.1 Å². The molecule has 5 heteroatoms. The number of amides is 2. The standard InChI is InChI=1S/C51H31N3O2/c52-32-33-15-12-22-37(29-33)39-24-13-25-41-40-23-10-11-27-45(40)53(48(39)41)46-28-14-26-42-47(46)51(56)54(50(42)55)49-43(35-18-6-2-7-19-35)30-38(34-16-4-1-5-17-34)31-44(49)36-20-8-3-9-21-36/h1-31H. The van der Waals surface area contributed by atoms with Crippen LogP contribution < -0.4 is 4.90 Å². The van der Waals surface area contributed by atoms with E-state index in [1.165, 1.54) is 4.90 Å². The molecule has 0 fully saturated rings. The first kappa shape index (κ1) is 32.8. The summed E-state index contributed by atoms with van der Waals surface area (Å²) in [6.07, 6.45) is 0. The molecule has 0 spiro atoms. The third kappa shape index (κ3) is 5.16. The zero-order valence-corrected chi connectivity index (χ0v) is 30.1. The average molecular weight is 718 g/mol. The van der Waals surface area contributed by atoms with Crippen LogP contribution in [0.15, 0.2) is 188 Å². The van der Waals surface area contributed by atoms with Crippen LogP contribution in [0.25, 0.3) is 72.0 Å². The third-order valence-corrected chi connectivity index (χ3v) is 10.7. The Morgan fingerprint density at radius 2 is 0.982 bits per heavy atom. The predicted octanol–water partition coefficient (Wildman–Crippen LogP) is 12.1. The van der Waals surface area contributed by atoms with Gasteiger partial charge in [-0.25, -0.2) is 4.90 Å². The Morgan fingerprint density at radius 1 is 0.429 bits per heavy atom. The van der Waals surface area contributed by atoms with Gasteiger partial charge in [-0.3, -0.25) is 9.59 Å². The number of carbonyl (C=O) groups is 2. The van der Waals surface area contributed by atoms with Crippen molar-refractivity contribution in [2.75, 3.05) is 4.90 Å². The van der Waals surface area contributed by atoms with Gasteiger partial charge >= 0.3 is 0 Å². The van der Waals surface area contributed by atoms with Gasteiger partial charge in [0.1, 0.15) is 0 Å². The van der Waals surface area contributed by atoms with Crippen molar-refractivity contribution in [1.29, 1.82) is 5.26 Å². The van der Waals surface area contributed by atoms with Gasteiger partial charge in [0.15, 0.2) is 0 Å². The number of anilines is 1. The van der Waals surface area contributed by atoms with Crippen molar-refractivity contribution in [3.05, 3.63) is 205 Å². The molecule has 0 saturated heterocycles. The van der Waals surface area contributed by atoms with E-state index in [1.807, 2.05) is 140 Å². The van der Waals surface area contributed by atoms with Gasteiger partial charge in [0.25, 0.3) is 11.8 Å². The summed E-state index contributed by atoms with van der Waals surface area (Å²) in [6, 6.07) is 63.9. The van der Waals surface area contributed by atoms with Gasteiger partial charge in [-0.15, -0.1) is 0 Å². The normalized spacial score (nSPS) is 12.3. The highest BCUT2D eigenvalue weighted by Gasteiger charge is 2.42. The highest BCUT2D eigenvalue weighted by molar-refractivity contribution is 6.37. The van der Waals surface area contributed by atoms with Crippen LogP contribution in [0.1, 0.15) is 26.3 Å². The van der Waals surface area contributed by atoms with Crippen LogP contribution in [-0.2, 0) is 0 Å². The molecule has 0 radical (unpaired) electrons. The lowest BCUT2D eigenvalue weighted by Crippen LogP contribution is -2.30. The maximum Gasteiger partial charge on any atom is 0.268 e. The minimum Gasteiger partial charge on any atom is -0.308 e. The molecule has 5 nitrogen and oxygen atoms in total. The molecule has 0 aliphatic carbocycles. The molecule has 2 heterocycles. The monoisotopic (exact) mass is 717 g/mol. The van der Waals surface area contributed by atoms with Crippen LogP contribution in [0.5, 0.6) is 0 Å². The Morgan fingerprint density at radius 3 is 1.66 bits per heavy atom. The molecule has 0 unspecified atom stereocenters. The van der Waals surface area contributed by atoms with Crippen LogP contribution >= 0.6 is 0 Å². The fourth-order valence-corrected chi connectivity index (χ4v) is 8.26.